The molecule has 243 valence electrons. The molecule has 1 radical (unpaired) electrons. The number of carbonyl (C=O) groups is 1. The molecule has 46 heavy (non-hydrogen) atoms. The maximum absolute atomic E-state index is 11.7. The number of ketones is 1. The summed E-state index contributed by atoms with van der Waals surface area (Å²) < 4.78 is 0. The number of nitrogens with zero attached hydrogens (tertiary/aromatic N) is 1. The number of carbonyl (C=O) groups excluding carboxylic acids is 1. The molecule has 0 aliphatic heterocycles. The molecule has 5 rings (SSSR count). The molecule has 0 spiro atoms. The van der Waals surface area contributed by atoms with Crippen LogP contribution in [0.3, 0.4) is 0 Å². The molecule has 4 heteroatoms. The molecular formula is C42H48IrNO2-. The fourth-order valence-electron chi connectivity index (χ4n) is 5.90. The molecular weight excluding hydrogens is 743 g/mol. The summed E-state index contributed by atoms with van der Waals surface area (Å²) in [4.78, 5) is 16.4. The molecule has 5 aromatic rings. The Bertz CT molecular complexity index is 1770. The van der Waals surface area contributed by atoms with E-state index in [0.29, 0.717) is 0 Å². The van der Waals surface area contributed by atoms with Gasteiger partial charge in [0.15, 0.2) is 5.78 Å². The van der Waals surface area contributed by atoms with Gasteiger partial charge in [-0.3, -0.25) is 4.79 Å². The monoisotopic (exact) mass is 791 g/mol. The Morgan fingerprint density at radius 2 is 1.41 bits per heavy atom. The van der Waals surface area contributed by atoms with E-state index in [1.165, 1.54) is 44.3 Å². The Morgan fingerprint density at radius 3 is 2.04 bits per heavy atom. The predicted molar refractivity (Wildman–Crippen MR) is 192 cm³/mol. The van der Waals surface area contributed by atoms with Crippen LogP contribution in [0.4, 0.5) is 0 Å². The second-order valence-electron chi connectivity index (χ2n) is 12.9. The molecule has 0 saturated heterocycles. The van der Waals surface area contributed by atoms with Crippen molar-refractivity contribution in [2.24, 2.45) is 11.8 Å². The summed E-state index contributed by atoms with van der Waals surface area (Å²) in [5.74, 6) is 0.547. The van der Waals surface area contributed by atoms with Crippen molar-refractivity contribution in [3.63, 3.8) is 0 Å². The van der Waals surface area contributed by atoms with Crippen molar-refractivity contribution in [1.29, 1.82) is 0 Å². The van der Waals surface area contributed by atoms with Crippen molar-refractivity contribution in [2.45, 2.75) is 79.6 Å². The Hall–Kier alpha value is -3.59. The molecule has 0 aliphatic carbocycles. The molecule has 1 aromatic heterocycles. The van der Waals surface area contributed by atoms with Crippen LogP contribution in [0.5, 0.6) is 0 Å². The van der Waals surface area contributed by atoms with Gasteiger partial charge in [0, 0.05) is 44.2 Å². The zero-order valence-electron chi connectivity index (χ0n) is 28.4. The topological polar surface area (TPSA) is 50.2 Å². The summed E-state index contributed by atoms with van der Waals surface area (Å²) in [6.45, 7) is 14.8. The molecule has 1 N–H and O–H groups in total. The molecule has 4 aromatic carbocycles. The second-order valence-corrected chi connectivity index (χ2v) is 12.9. The second kappa shape index (κ2) is 16.8. The first-order chi connectivity index (χ1) is 21.6. The third-order valence-corrected chi connectivity index (χ3v) is 8.86. The standard InChI is InChI=1S/C29H24N.C13H24O2.Ir/c1-29(2,3)23-15-16-30-28(19-23)22-11-8-10-20(17-22)27-18-21-9-4-5-12-24(21)25-13-6-7-14-26(25)27;1-5-10(6-2)12(14)9-13(15)11(7-3)8-4;/h4-10,12-19H,1-3H3;9-11,14H,5-8H2,1-4H3;/q-1;;/b;12-9-;. The summed E-state index contributed by atoms with van der Waals surface area (Å²) in [6.07, 6.45) is 6.81. The zero-order chi connectivity index (χ0) is 32.6. The number of rotatable bonds is 9. The fourth-order valence-corrected chi connectivity index (χ4v) is 5.90. The summed E-state index contributed by atoms with van der Waals surface area (Å²) in [5, 5.41) is 14.9. The predicted octanol–water partition coefficient (Wildman–Crippen LogP) is 11.7. The molecule has 0 saturated carbocycles. The van der Waals surface area contributed by atoms with Crippen LogP contribution in [0.25, 0.3) is 43.9 Å². The largest absolute Gasteiger partial charge is 0.512 e. The normalized spacial score (nSPS) is 11.8. The Kier molecular flexibility index (Phi) is 13.5. The number of fused-ring (bicyclic) bond motifs is 3. The van der Waals surface area contributed by atoms with Crippen LogP contribution in [0.2, 0.25) is 0 Å². The van der Waals surface area contributed by atoms with Gasteiger partial charge in [-0.15, -0.1) is 35.4 Å². The van der Waals surface area contributed by atoms with E-state index < -0.39 is 0 Å². The van der Waals surface area contributed by atoms with Crippen molar-refractivity contribution >= 4 is 27.3 Å². The van der Waals surface area contributed by atoms with E-state index in [1.54, 1.807) is 0 Å². The number of aliphatic hydroxyl groups excluding tert-OH is 1. The maximum Gasteiger partial charge on any atom is 0.162 e. The van der Waals surface area contributed by atoms with Gasteiger partial charge in [0.1, 0.15) is 0 Å². The maximum atomic E-state index is 11.7. The van der Waals surface area contributed by atoms with Gasteiger partial charge in [-0.05, 0) is 81.6 Å². The van der Waals surface area contributed by atoms with Gasteiger partial charge in [0.25, 0.3) is 0 Å². The third-order valence-electron chi connectivity index (χ3n) is 8.86. The van der Waals surface area contributed by atoms with E-state index in [0.717, 1.165) is 36.9 Å². The number of benzene rings is 4. The summed E-state index contributed by atoms with van der Waals surface area (Å²) in [6, 6.07) is 33.6. The first kappa shape index (κ1) is 36.9. The molecule has 0 bridgehead atoms. The van der Waals surface area contributed by atoms with Crippen molar-refractivity contribution in [2.75, 3.05) is 0 Å². The molecule has 0 unspecified atom stereocenters. The van der Waals surface area contributed by atoms with Crippen LogP contribution in [-0.2, 0) is 30.3 Å². The van der Waals surface area contributed by atoms with Crippen molar-refractivity contribution in [1.82, 2.24) is 4.98 Å². The molecule has 0 amide bonds. The van der Waals surface area contributed by atoms with Crippen molar-refractivity contribution in [3.8, 4) is 22.4 Å². The fraction of sp³-hybridized carbons (Fsp3) is 0.333. The Balaban J connectivity index is 0.000000309. The number of allylic oxidation sites excluding steroid dienone is 2. The molecule has 1 heterocycles. The minimum atomic E-state index is 0. The van der Waals surface area contributed by atoms with Crippen LogP contribution in [0, 0.1) is 17.9 Å². The Morgan fingerprint density at radius 1 is 0.804 bits per heavy atom. The van der Waals surface area contributed by atoms with Gasteiger partial charge in [0.05, 0.1) is 5.76 Å². The number of hydrogen-bond acceptors (Lipinski definition) is 3. The number of pyridine rings is 1. The van der Waals surface area contributed by atoms with Gasteiger partial charge in [0.2, 0.25) is 0 Å². The molecule has 0 atom stereocenters. The van der Waals surface area contributed by atoms with Crippen LogP contribution in [-0.4, -0.2) is 15.9 Å². The molecule has 3 nitrogen and oxygen atoms in total. The minimum Gasteiger partial charge on any atom is -0.512 e. The van der Waals surface area contributed by atoms with E-state index in [1.807, 2.05) is 40.0 Å². The van der Waals surface area contributed by atoms with Gasteiger partial charge < -0.3 is 10.1 Å². The average molecular weight is 791 g/mol. The minimum absolute atomic E-state index is 0. The van der Waals surface area contributed by atoms with Gasteiger partial charge >= 0.3 is 0 Å². The Labute approximate surface area is 289 Å². The molecule has 0 fully saturated rings. The quantitative estimate of drug-likeness (QED) is 0.0700. The van der Waals surface area contributed by atoms with E-state index in [-0.39, 0.29) is 48.9 Å². The van der Waals surface area contributed by atoms with Gasteiger partial charge in [-0.2, -0.15) is 0 Å². The number of aromatic nitrogens is 1. The van der Waals surface area contributed by atoms with Gasteiger partial charge in [-0.25, -0.2) is 0 Å². The van der Waals surface area contributed by atoms with E-state index >= 15 is 0 Å². The summed E-state index contributed by atoms with van der Waals surface area (Å²) in [5.41, 5.74) is 5.79. The van der Waals surface area contributed by atoms with Gasteiger partial charge in [-0.1, -0.05) is 103 Å². The number of hydrogen-bond donors (Lipinski definition) is 1. The van der Waals surface area contributed by atoms with Crippen molar-refractivity contribution in [3.05, 3.63) is 115 Å². The van der Waals surface area contributed by atoms with Crippen LogP contribution in [0.15, 0.2) is 103 Å². The van der Waals surface area contributed by atoms with E-state index in [2.05, 4.69) is 111 Å². The first-order valence-electron chi connectivity index (χ1n) is 16.4. The smallest absolute Gasteiger partial charge is 0.162 e. The summed E-state index contributed by atoms with van der Waals surface area (Å²) in [7, 11) is 0. The van der Waals surface area contributed by atoms with Crippen LogP contribution in [0.1, 0.15) is 79.7 Å². The molecule has 0 aliphatic rings. The zero-order valence-corrected chi connectivity index (χ0v) is 30.8. The number of aliphatic hydroxyl groups is 1. The van der Waals surface area contributed by atoms with Crippen LogP contribution < -0.4 is 0 Å². The van der Waals surface area contributed by atoms with Crippen molar-refractivity contribution < 1.29 is 30.0 Å². The average Bonchev–Trinajstić information content (AvgIpc) is 3.05. The third kappa shape index (κ3) is 8.81. The summed E-state index contributed by atoms with van der Waals surface area (Å²) >= 11 is 0. The van der Waals surface area contributed by atoms with E-state index in [9.17, 15) is 9.90 Å². The van der Waals surface area contributed by atoms with Crippen LogP contribution >= 0.6 is 0 Å². The van der Waals surface area contributed by atoms with E-state index in [4.69, 9.17) is 0 Å². The SMILES string of the molecule is CC(C)(C)c1ccnc(-c2[c-]ccc(-c3cc4ccccc4c4ccccc34)c2)c1.CCC(CC)C(=O)/C=C(\O)C(CC)CC.[Ir]. The first-order valence-corrected chi connectivity index (χ1v) is 16.4.